The van der Waals surface area contributed by atoms with Crippen LogP contribution >= 0.6 is 0 Å². The summed E-state index contributed by atoms with van der Waals surface area (Å²) in [7, 11) is 0. The van der Waals surface area contributed by atoms with Crippen molar-refractivity contribution < 1.29 is 38.2 Å². The van der Waals surface area contributed by atoms with Gasteiger partial charge in [-0.25, -0.2) is 9.59 Å². The third-order valence-corrected chi connectivity index (χ3v) is 8.33. The second-order valence-electron chi connectivity index (χ2n) is 13.1. The first kappa shape index (κ1) is 32.9. The number of hydrogen-bond acceptors (Lipinski definition) is 8. The summed E-state index contributed by atoms with van der Waals surface area (Å²) in [4.78, 5) is 64.8. The number of aryl methyl sites for hydroxylation is 1. The van der Waals surface area contributed by atoms with Crippen LogP contribution in [0.1, 0.15) is 93.0 Å². The van der Waals surface area contributed by atoms with E-state index in [-0.39, 0.29) is 36.1 Å². The van der Waals surface area contributed by atoms with E-state index in [1.165, 1.54) is 4.90 Å². The molecule has 9 heteroatoms. The predicted octanol–water partition coefficient (Wildman–Crippen LogP) is 6.34. The van der Waals surface area contributed by atoms with Crippen LogP contribution in [0.4, 0.5) is 4.79 Å². The van der Waals surface area contributed by atoms with Gasteiger partial charge in [0.05, 0.1) is 5.92 Å². The smallest absolute Gasteiger partial charge is 0.411 e. The van der Waals surface area contributed by atoms with Crippen molar-refractivity contribution in [2.45, 2.75) is 91.3 Å². The highest BCUT2D eigenvalue weighted by Gasteiger charge is 2.42. The van der Waals surface area contributed by atoms with E-state index in [2.05, 4.69) is 6.92 Å². The molecule has 2 aromatic carbocycles. The number of nitrogens with zero attached hydrogens (tertiary/aromatic N) is 1. The van der Waals surface area contributed by atoms with Crippen molar-refractivity contribution in [1.29, 1.82) is 0 Å². The van der Waals surface area contributed by atoms with Crippen molar-refractivity contribution in [3.63, 3.8) is 0 Å². The summed E-state index contributed by atoms with van der Waals surface area (Å²) in [6.45, 7) is 10.4. The van der Waals surface area contributed by atoms with Gasteiger partial charge in [0, 0.05) is 17.2 Å². The standard InChI is InChI=1S/C35H43NO8/c1-21-7-9-27(17-21)32(39)42-19-30(37)25-12-10-24(11-13-25)26-14-15-28(22(2)18-26)31(38)20-43-33(40)29-16-8-23(3)36(29)34(41)44-35(4,5)6/h10-15,18,21,23,27,29H,7-9,16-17,19-20H2,1-6H3/t21-,23-,27?,29-/m0/s1. The Morgan fingerprint density at radius 1 is 0.795 bits per heavy atom. The van der Waals surface area contributed by atoms with Crippen LogP contribution in [-0.4, -0.2) is 65.4 Å². The number of Topliss-reactive ketones (excluding diaryl/α,β-unsaturated/α-hetero) is 2. The van der Waals surface area contributed by atoms with Crippen molar-refractivity contribution in [1.82, 2.24) is 4.90 Å². The van der Waals surface area contributed by atoms with E-state index >= 15 is 0 Å². The van der Waals surface area contributed by atoms with Gasteiger partial charge in [-0.15, -0.1) is 0 Å². The average Bonchev–Trinajstić information content (AvgIpc) is 3.58. The number of amides is 1. The molecule has 1 saturated heterocycles. The molecule has 1 unspecified atom stereocenters. The Kier molecular flexibility index (Phi) is 10.3. The van der Waals surface area contributed by atoms with Gasteiger partial charge in [0.15, 0.2) is 19.0 Å². The van der Waals surface area contributed by atoms with E-state index in [0.717, 1.165) is 30.4 Å². The molecule has 1 heterocycles. The highest BCUT2D eigenvalue weighted by atomic mass is 16.6. The molecule has 236 valence electrons. The van der Waals surface area contributed by atoms with Gasteiger partial charge in [0.2, 0.25) is 5.78 Å². The number of carbonyl (C=O) groups excluding carboxylic acids is 5. The molecule has 2 aromatic rings. The van der Waals surface area contributed by atoms with Crippen molar-refractivity contribution in [2.75, 3.05) is 13.2 Å². The lowest BCUT2D eigenvalue weighted by atomic mass is 9.97. The maximum absolute atomic E-state index is 13.0. The molecular formula is C35H43NO8. The topological polar surface area (TPSA) is 116 Å². The third-order valence-electron chi connectivity index (χ3n) is 8.33. The molecule has 1 amide bonds. The number of hydrogen-bond donors (Lipinski definition) is 0. The van der Waals surface area contributed by atoms with Crippen molar-refractivity contribution in [3.8, 4) is 11.1 Å². The lowest BCUT2D eigenvalue weighted by Crippen LogP contribution is -2.47. The molecule has 1 aliphatic carbocycles. The number of ketones is 2. The van der Waals surface area contributed by atoms with E-state index in [4.69, 9.17) is 14.2 Å². The molecular weight excluding hydrogens is 562 g/mol. The molecule has 0 aromatic heterocycles. The van der Waals surface area contributed by atoms with Crippen LogP contribution in [-0.2, 0) is 23.8 Å². The summed E-state index contributed by atoms with van der Waals surface area (Å²) in [6.07, 6.45) is 3.13. The largest absolute Gasteiger partial charge is 0.457 e. The Balaban J connectivity index is 1.32. The number of likely N-dealkylation sites (tertiary alicyclic amines) is 1. The van der Waals surface area contributed by atoms with Crippen molar-refractivity contribution in [3.05, 3.63) is 59.2 Å². The van der Waals surface area contributed by atoms with Crippen molar-refractivity contribution in [2.24, 2.45) is 11.8 Å². The molecule has 9 nitrogen and oxygen atoms in total. The van der Waals surface area contributed by atoms with Crippen LogP contribution in [0.2, 0.25) is 0 Å². The first-order chi connectivity index (χ1) is 20.7. The third kappa shape index (κ3) is 8.12. The Bertz CT molecular complexity index is 1410. The fraction of sp³-hybridized carbons (Fsp3) is 0.514. The molecule has 4 rings (SSSR count). The summed E-state index contributed by atoms with van der Waals surface area (Å²) in [5.74, 6) is -1.14. The average molecular weight is 606 g/mol. The Morgan fingerprint density at radius 2 is 1.43 bits per heavy atom. The minimum absolute atomic E-state index is 0.115. The first-order valence-corrected chi connectivity index (χ1v) is 15.4. The van der Waals surface area contributed by atoms with Crippen LogP contribution < -0.4 is 0 Å². The fourth-order valence-electron chi connectivity index (χ4n) is 5.91. The quantitative estimate of drug-likeness (QED) is 0.185. The van der Waals surface area contributed by atoms with Crippen LogP contribution in [0.15, 0.2) is 42.5 Å². The van der Waals surface area contributed by atoms with E-state index in [9.17, 15) is 24.0 Å². The van der Waals surface area contributed by atoms with Gasteiger partial charge in [-0.2, -0.15) is 0 Å². The highest BCUT2D eigenvalue weighted by molar-refractivity contribution is 6.00. The normalized spacial score (nSPS) is 21.5. The van der Waals surface area contributed by atoms with Crippen LogP contribution in [0.25, 0.3) is 11.1 Å². The first-order valence-electron chi connectivity index (χ1n) is 15.4. The lowest BCUT2D eigenvalue weighted by Gasteiger charge is -2.30. The number of benzene rings is 2. The summed E-state index contributed by atoms with van der Waals surface area (Å²) < 4.78 is 16.1. The SMILES string of the molecule is Cc1cc(-c2ccc(C(=O)COC(=O)C3CC[C@H](C)C3)cc2)ccc1C(=O)COC(=O)[C@@H]1CC[C@H](C)N1C(=O)OC(C)(C)C. The second kappa shape index (κ2) is 13.7. The molecule has 2 fully saturated rings. The van der Waals surface area contributed by atoms with E-state index in [0.29, 0.717) is 35.4 Å². The maximum Gasteiger partial charge on any atom is 0.411 e. The zero-order valence-electron chi connectivity index (χ0n) is 26.5. The zero-order chi connectivity index (χ0) is 32.2. The van der Waals surface area contributed by atoms with E-state index < -0.39 is 30.3 Å². The highest BCUT2D eigenvalue weighted by Crippen LogP contribution is 2.31. The molecule has 4 atom stereocenters. The Hall–Kier alpha value is -4.01. The second-order valence-corrected chi connectivity index (χ2v) is 13.1. The summed E-state index contributed by atoms with van der Waals surface area (Å²) in [5.41, 5.74) is 2.59. The van der Waals surface area contributed by atoms with Gasteiger partial charge >= 0.3 is 18.0 Å². The van der Waals surface area contributed by atoms with Gasteiger partial charge in [-0.3, -0.25) is 19.3 Å². The van der Waals surface area contributed by atoms with Crippen LogP contribution in [0, 0.1) is 18.8 Å². The maximum atomic E-state index is 13.0. The molecule has 44 heavy (non-hydrogen) atoms. The molecule has 1 aliphatic heterocycles. The molecule has 0 bridgehead atoms. The molecule has 0 spiro atoms. The predicted molar refractivity (Wildman–Crippen MR) is 164 cm³/mol. The number of ether oxygens (including phenoxy) is 3. The Labute approximate surface area is 259 Å². The number of esters is 2. The summed E-state index contributed by atoms with van der Waals surface area (Å²) >= 11 is 0. The number of rotatable bonds is 9. The van der Waals surface area contributed by atoms with E-state index in [1.807, 2.05) is 25.1 Å². The van der Waals surface area contributed by atoms with E-state index in [1.54, 1.807) is 52.0 Å². The van der Waals surface area contributed by atoms with Gasteiger partial charge in [-0.05, 0) is 89.3 Å². The minimum Gasteiger partial charge on any atom is -0.457 e. The molecule has 0 N–H and O–H groups in total. The summed E-state index contributed by atoms with van der Waals surface area (Å²) in [6, 6.07) is 11.4. The van der Waals surface area contributed by atoms with Gasteiger partial charge < -0.3 is 14.2 Å². The monoisotopic (exact) mass is 605 g/mol. The minimum atomic E-state index is -0.797. The van der Waals surface area contributed by atoms with Crippen molar-refractivity contribution >= 4 is 29.6 Å². The lowest BCUT2D eigenvalue weighted by molar-refractivity contribution is -0.148. The van der Waals surface area contributed by atoms with Gasteiger partial charge in [0.25, 0.3) is 0 Å². The number of carbonyl (C=O) groups is 5. The summed E-state index contributed by atoms with van der Waals surface area (Å²) in [5, 5.41) is 0. The van der Waals surface area contributed by atoms with Crippen LogP contribution in [0.5, 0.6) is 0 Å². The van der Waals surface area contributed by atoms with Crippen LogP contribution in [0.3, 0.4) is 0 Å². The fourth-order valence-corrected chi connectivity index (χ4v) is 5.91. The van der Waals surface area contributed by atoms with Gasteiger partial charge in [-0.1, -0.05) is 49.4 Å². The molecule has 0 radical (unpaired) electrons. The Morgan fingerprint density at radius 3 is 2.05 bits per heavy atom. The molecule has 2 aliphatic rings. The van der Waals surface area contributed by atoms with Gasteiger partial charge in [0.1, 0.15) is 11.6 Å². The molecule has 1 saturated carbocycles. The zero-order valence-corrected chi connectivity index (χ0v) is 26.5.